The van der Waals surface area contributed by atoms with Gasteiger partial charge in [0.15, 0.2) is 0 Å². The van der Waals surface area contributed by atoms with Gasteiger partial charge in [0.25, 0.3) is 16.4 Å². The number of aromatic nitrogens is 1. The minimum Gasteiger partial charge on any atom is -0.464 e. The highest BCUT2D eigenvalue weighted by atomic mass is 16.3. The molecule has 0 aliphatic carbocycles. The zero-order valence-corrected chi connectivity index (χ0v) is 14.2. The number of hydrogen-bond donors (Lipinski definition) is 3. The average molecular weight is 341 g/mol. The van der Waals surface area contributed by atoms with Gasteiger partial charge in [-0.25, -0.2) is 0 Å². The van der Waals surface area contributed by atoms with Crippen molar-refractivity contribution in [2.24, 2.45) is 0 Å². The topological polar surface area (TPSA) is 104 Å². The Morgan fingerprint density at radius 2 is 1.76 bits per heavy atom. The van der Waals surface area contributed by atoms with Crippen LogP contribution < -0.4 is 27.1 Å². The lowest BCUT2D eigenvalue weighted by Gasteiger charge is -2.20. The predicted octanol–water partition coefficient (Wildman–Crippen LogP) is 2.49. The number of rotatable bonds is 6. The number of hydrogen-bond acceptors (Lipinski definition) is 6. The number of anilines is 3. The van der Waals surface area contributed by atoms with Crippen molar-refractivity contribution in [3.8, 4) is 0 Å². The fourth-order valence-corrected chi connectivity index (χ4v) is 2.64. The third-order valence-corrected chi connectivity index (χ3v) is 4.06. The number of aromatic amines is 1. The molecule has 0 saturated carbocycles. The third kappa shape index (κ3) is 3.13. The van der Waals surface area contributed by atoms with Crippen LogP contribution in [0.25, 0.3) is 0 Å². The Hall–Kier alpha value is -3.09. The molecule has 3 rings (SSSR count). The van der Waals surface area contributed by atoms with E-state index < -0.39 is 10.9 Å². The molecule has 7 nitrogen and oxygen atoms in total. The molecule has 25 heavy (non-hydrogen) atoms. The molecule has 130 valence electrons. The summed E-state index contributed by atoms with van der Waals surface area (Å²) < 4.78 is 5.60. The van der Waals surface area contributed by atoms with Gasteiger partial charge in [0.05, 0.1) is 6.04 Å². The van der Waals surface area contributed by atoms with Crippen molar-refractivity contribution in [1.82, 2.24) is 4.98 Å². The average Bonchev–Trinajstić information content (AvgIpc) is 3.01. The summed E-state index contributed by atoms with van der Waals surface area (Å²) in [5.41, 5.74) is -0.416. The van der Waals surface area contributed by atoms with Crippen molar-refractivity contribution >= 4 is 17.1 Å². The lowest BCUT2D eigenvalue weighted by Crippen LogP contribution is -2.38. The largest absolute Gasteiger partial charge is 0.464 e. The Morgan fingerprint density at radius 1 is 1.04 bits per heavy atom. The van der Waals surface area contributed by atoms with Crippen LogP contribution in [0.4, 0.5) is 17.1 Å². The summed E-state index contributed by atoms with van der Waals surface area (Å²) in [6.45, 7) is 5.54. The van der Waals surface area contributed by atoms with Crippen LogP contribution in [-0.2, 0) is 0 Å². The molecule has 7 heteroatoms. The van der Waals surface area contributed by atoms with Crippen LogP contribution in [0.5, 0.6) is 0 Å². The van der Waals surface area contributed by atoms with Gasteiger partial charge in [0.2, 0.25) is 0 Å². The van der Waals surface area contributed by atoms with E-state index in [2.05, 4.69) is 15.6 Å². The molecule has 0 spiro atoms. The van der Waals surface area contributed by atoms with Gasteiger partial charge in [-0.1, -0.05) is 6.92 Å². The van der Waals surface area contributed by atoms with Gasteiger partial charge in [0.1, 0.15) is 28.6 Å². The summed E-state index contributed by atoms with van der Waals surface area (Å²) in [7, 11) is 0. The summed E-state index contributed by atoms with van der Waals surface area (Å²) in [6, 6.07) is 6.71. The van der Waals surface area contributed by atoms with E-state index in [9.17, 15) is 14.4 Å². The lowest BCUT2D eigenvalue weighted by atomic mass is 10.1. The standard InChI is InChI=1S/C18H19N3O4/c1-4-11(13-8-6-10(3)25-13)20-14-15(17(23)16(14)22)21-12-7-5-9(2)19-18(12)24/h5-8,11,20-21H,4H2,1-3H3,(H,19,24). The number of H-pyrrole nitrogens is 1. The fourth-order valence-electron chi connectivity index (χ4n) is 2.64. The summed E-state index contributed by atoms with van der Waals surface area (Å²) in [5.74, 6) is 1.46. The van der Waals surface area contributed by atoms with Crippen molar-refractivity contribution in [1.29, 1.82) is 0 Å². The summed E-state index contributed by atoms with van der Waals surface area (Å²) in [5, 5.41) is 5.82. The molecule has 1 aromatic carbocycles. The van der Waals surface area contributed by atoms with E-state index >= 15 is 0 Å². The Kier molecular flexibility index (Phi) is 4.31. The Labute approximate surface area is 143 Å². The normalized spacial score (nSPS) is 12.3. The first kappa shape index (κ1) is 16.8. The van der Waals surface area contributed by atoms with Gasteiger partial charge in [0, 0.05) is 5.69 Å². The molecule has 1 atom stereocenters. The maximum Gasteiger partial charge on any atom is 0.271 e. The molecule has 0 fully saturated rings. The maximum atomic E-state index is 12.0. The second-order valence-electron chi connectivity index (χ2n) is 5.97. The zero-order chi connectivity index (χ0) is 18.1. The van der Waals surface area contributed by atoms with Crippen LogP contribution in [0, 0.1) is 13.8 Å². The first-order chi connectivity index (χ1) is 11.9. The molecule has 2 aromatic heterocycles. The van der Waals surface area contributed by atoms with E-state index in [0.29, 0.717) is 17.9 Å². The summed E-state index contributed by atoms with van der Waals surface area (Å²) in [4.78, 5) is 38.5. The van der Waals surface area contributed by atoms with E-state index in [0.717, 1.165) is 5.76 Å². The smallest absolute Gasteiger partial charge is 0.271 e. The van der Waals surface area contributed by atoms with Crippen LogP contribution in [-0.4, -0.2) is 4.98 Å². The van der Waals surface area contributed by atoms with Gasteiger partial charge in [-0.2, -0.15) is 0 Å². The number of furan rings is 1. The van der Waals surface area contributed by atoms with E-state index in [1.165, 1.54) is 0 Å². The van der Waals surface area contributed by atoms with Crippen molar-refractivity contribution < 1.29 is 4.42 Å². The molecule has 3 N–H and O–H groups in total. The van der Waals surface area contributed by atoms with Crippen molar-refractivity contribution in [2.45, 2.75) is 33.2 Å². The van der Waals surface area contributed by atoms with Crippen molar-refractivity contribution in [3.05, 3.63) is 72.3 Å². The second kappa shape index (κ2) is 6.43. The molecule has 2 heterocycles. The number of nitrogens with one attached hydrogen (secondary N) is 3. The minimum absolute atomic E-state index is 0.0982. The molecule has 0 saturated heterocycles. The van der Waals surface area contributed by atoms with E-state index in [1.807, 2.05) is 26.0 Å². The Balaban J connectivity index is 1.88. The van der Waals surface area contributed by atoms with Gasteiger partial charge in [-0.05, 0) is 44.5 Å². The van der Waals surface area contributed by atoms with Gasteiger partial charge < -0.3 is 20.0 Å². The predicted molar refractivity (Wildman–Crippen MR) is 96.5 cm³/mol. The minimum atomic E-state index is -0.645. The Bertz CT molecular complexity index is 1040. The summed E-state index contributed by atoms with van der Waals surface area (Å²) >= 11 is 0. The third-order valence-electron chi connectivity index (χ3n) is 4.06. The first-order valence-corrected chi connectivity index (χ1v) is 8.03. The maximum absolute atomic E-state index is 12.0. The van der Waals surface area contributed by atoms with E-state index in [1.54, 1.807) is 19.1 Å². The lowest BCUT2D eigenvalue weighted by molar-refractivity contribution is 0.452. The summed E-state index contributed by atoms with van der Waals surface area (Å²) in [6.07, 6.45) is 0.663. The molecule has 0 radical (unpaired) electrons. The highest BCUT2D eigenvalue weighted by molar-refractivity contribution is 5.78. The van der Waals surface area contributed by atoms with Crippen LogP contribution in [0.2, 0.25) is 0 Å². The van der Waals surface area contributed by atoms with Crippen LogP contribution in [0.3, 0.4) is 0 Å². The van der Waals surface area contributed by atoms with Crippen LogP contribution in [0.1, 0.15) is 36.6 Å². The van der Waals surface area contributed by atoms with Gasteiger partial charge >= 0.3 is 0 Å². The van der Waals surface area contributed by atoms with Gasteiger partial charge in [-0.3, -0.25) is 14.4 Å². The highest BCUT2D eigenvalue weighted by Crippen LogP contribution is 2.27. The SMILES string of the molecule is CCC(Nc1c(Nc2ccc(C)[nH]c2=O)c(=O)c1=O)c1ccc(C)o1. The molecular formula is C18H19N3O4. The quantitative estimate of drug-likeness (QED) is 0.595. The second-order valence-corrected chi connectivity index (χ2v) is 5.97. The number of pyridine rings is 1. The molecule has 0 aliphatic heterocycles. The monoisotopic (exact) mass is 341 g/mol. The molecular weight excluding hydrogens is 322 g/mol. The highest BCUT2D eigenvalue weighted by Gasteiger charge is 2.25. The van der Waals surface area contributed by atoms with Crippen LogP contribution >= 0.6 is 0 Å². The van der Waals surface area contributed by atoms with Crippen molar-refractivity contribution in [2.75, 3.05) is 10.6 Å². The Morgan fingerprint density at radius 3 is 2.36 bits per heavy atom. The first-order valence-electron chi connectivity index (χ1n) is 8.03. The fraction of sp³-hybridized carbons (Fsp3) is 0.278. The number of aryl methyl sites for hydroxylation is 2. The molecule has 0 bridgehead atoms. The van der Waals surface area contributed by atoms with Gasteiger partial charge in [-0.15, -0.1) is 0 Å². The molecule has 0 amide bonds. The molecule has 1 unspecified atom stereocenters. The van der Waals surface area contributed by atoms with E-state index in [-0.39, 0.29) is 28.7 Å². The molecule has 0 aliphatic rings. The van der Waals surface area contributed by atoms with Crippen LogP contribution in [0.15, 0.2) is 43.1 Å². The zero-order valence-electron chi connectivity index (χ0n) is 14.2. The molecule has 3 aromatic rings. The van der Waals surface area contributed by atoms with Crippen molar-refractivity contribution in [3.63, 3.8) is 0 Å². The van der Waals surface area contributed by atoms with E-state index in [4.69, 9.17) is 4.42 Å².